The van der Waals surface area contributed by atoms with Crippen LogP contribution in [-0.4, -0.2) is 71.5 Å². The lowest BCUT2D eigenvalue weighted by molar-refractivity contribution is -0.142. The molecule has 8 heteroatoms. The van der Waals surface area contributed by atoms with Crippen molar-refractivity contribution in [3.05, 3.63) is 82.2 Å². The Morgan fingerprint density at radius 3 is 2.38 bits per heavy atom. The summed E-state index contributed by atoms with van der Waals surface area (Å²) in [5.74, 6) is -0.727. The fraction of sp³-hybridized carbons (Fsp3) is 0.471. The van der Waals surface area contributed by atoms with Gasteiger partial charge in [-0.25, -0.2) is 4.79 Å². The van der Waals surface area contributed by atoms with Crippen molar-refractivity contribution in [2.75, 3.05) is 63.4 Å². The average Bonchev–Trinajstić information content (AvgIpc) is 3.53. The lowest BCUT2D eigenvalue weighted by atomic mass is 9.71. The molecule has 222 valence electrons. The normalized spacial score (nSPS) is 24.4. The minimum atomic E-state index is -0.485. The second kappa shape index (κ2) is 12.3. The number of nitrogens with zero attached hydrogens (tertiary/aromatic N) is 2. The van der Waals surface area contributed by atoms with E-state index in [-0.39, 0.29) is 24.4 Å². The second-order valence-corrected chi connectivity index (χ2v) is 11.9. The minimum Gasteiger partial charge on any atom is -0.459 e. The third-order valence-corrected chi connectivity index (χ3v) is 8.96. The number of ketones is 1. The molecule has 2 aromatic carbocycles. The molecule has 3 aliphatic heterocycles. The predicted molar refractivity (Wildman–Crippen MR) is 163 cm³/mol. The summed E-state index contributed by atoms with van der Waals surface area (Å²) in [6.45, 7) is 5.96. The molecule has 1 N–H and O–H groups in total. The van der Waals surface area contributed by atoms with Gasteiger partial charge >= 0.3 is 5.97 Å². The van der Waals surface area contributed by atoms with Gasteiger partial charge in [-0.1, -0.05) is 24.3 Å². The van der Waals surface area contributed by atoms with E-state index < -0.39 is 11.9 Å². The van der Waals surface area contributed by atoms with Crippen LogP contribution in [0.25, 0.3) is 0 Å². The summed E-state index contributed by atoms with van der Waals surface area (Å²) in [7, 11) is 4.04. The van der Waals surface area contributed by atoms with E-state index >= 15 is 0 Å². The Morgan fingerprint density at radius 2 is 1.71 bits per heavy atom. The Hall–Kier alpha value is -3.62. The molecular weight excluding hydrogens is 530 g/mol. The van der Waals surface area contributed by atoms with Gasteiger partial charge in [-0.3, -0.25) is 4.79 Å². The summed E-state index contributed by atoms with van der Waals surface area (Å²) in [5, 5.41) is 3.48. The zero-order valence-electron chi connectivity index (χ0n) is 24.9. The number of carbonyl (C=O) groups excluding carboxylic acids is 2. The Balaban J connectivity index is 1.32. The third-order valence-electron chi connectivity index (χ3n) is 8.96. The summed E-state index contributed by atoms with van der Waals surface area (Å²) in [5.41, 5.74) is 7.15. The van der Waals surface area contributed by atoms with Crippen LogP contribution in [0.15, 0.2) is 71.1 Å². The maximum absolute atomic E-state index is 14.0. The molecule has 6 rings (SSSR count). The van der Waals surface area contributed by atoms with Crippen LogP contribution in [0.5, 0.6) is 0 Å². The summed E-state index contributed by atoms with van der Waals surface area (Å²) >= 11 is 0. The highest BCUT2D eigenvalue weighted by Gasteiger charge is 2.41. The van der Waals surface area contributed by atoms with Crippen LogP contribution in [0.1, 0.15) is 55.6 Å². The van der Waals surface area contributed by atoms with Crippen molar-refractivity contribution in [2.24, 2.45) is 0 Å². The van der Waals surface area contributed by atoms with Gasteiger partial charge in [0.1, 0.15) is 6.61 Å². The fourth-order valence-electron chi connectivity index (χ4n) is 6.64. The van der Waals surface area contributed by atoms with Gasteiger partial charge in [-0.15, -0.1) is 0 Å². The molecule has 0 radical (unpaired) electrons. The number of ether oxygens (including phenoxy) is 3. The van der Waals surface area contributed by atoms with Crippen LogP contribution in [-0.2, 0) is 23.8 Å². The number of benzene rings is 2. The van der Waals surface area contributed by atoms with E-state index in [1.54, 1.807) is 0 Å². The highest BCUT2D eigenvalue weighted by Crippen LogP contribution is 2.46. The van der Waals surface area contributed by atoms with Gasteiger partial charge in [0.2, 0.25) is 0 Å². The first-order valence-electron chi connectivity index (χ1n) is 15.1. The van der Waals surface area contributed by atoms with E-state index in [0.717, 1.165) is 59.8 Å². The summed E-state index contributed by atoms with van der Waals surface area (Å²) in [4.78, 5) is 32.1. The van der Waals surface area contributed by atoms with Gasteiger partial charge in [0.25, 0.3) is 0 Å². The maximum Gasteiger partial charge on any atom is 0.336 e. The number of hydrogen-bond donors (Lipinski definition) is 1. The summed E-state index contributed by atoms with van der Waals surface area (Å²) < 4.78 is 17.0. The molecule has 42 heavy (non-hydrogen) atoms. The molecule has 0 spiro atoms. The van der Waals surface area contributed by atoms with E-state index in [9.17, 15) is 9.59 Å². The number of anilines is 2. The van der Waals surface area contributed by atoms with Crippen molar-refractivity contribution in [1.29, 1.82) is 0 Å². The van der Waals surface area contributed by atoms with E-state index in [0.29, 0.717) is 43.8 Å². The fourth-order valence-corrected chi connectivity index (χ4v) is 6.64. The number of Topliss-reactive ketones (excluding diaryl/α,β-unsaturated/α-hetero) is 1. The van der Waals surface area contributed by atoms with Crippen molar-refractivity contribution < 1.29 is 23.8 Å². The number of hydrogen-bond acceptors (Lipinski definition) is 8. The lowest BCUT2D eigenvalue weighted by Gasteiger charge is -2.37. The van der Waals surface area contributed by atoms with Crippen molar-refractivity contribution in [3.8, 4) is 0 Å². The molecule has 0 bridgehead atoms. The zero-order chi connectivity index (χ0) is 29.2. The van der Waals surface area contributed by atoms with E-state index in [2.05, 4.69) is 63.6 Å². The molecule has 3 heterocycles. The molecule has 0 amide bonds. The highest BCUT2D eigenvalue weighted by molar-refractivity contribution is 6.04. The topological polar surface area (TPSA) is 80.3 Å². The highest BCUT2D eigenvalue weighted by atomic mass is 16.6. The van der Waals surface area contributed by atoms with Crippen molar-refractivity contribution in [1.82, 2.24) is 5.32 Å². The smallest absolute Gasteiger partial charge is 0.336 e. The SMILES string of the molecule is CC1=C(C(=O)OC[C@@H]2CCCO2)[C@H](c2ccc(N3CCOCC3)cc2)C2=C(C[C@H](c3ccc(N(C)C)cc3)CC2=O)N1. The molecule has 8 nitrogen and oxygen atoms in total. The van der Waals surface area contributed by atoms with Gasteiger partial charge in [0.05, 0.1) is 24.9 Å². The Labute approximate surface area is 248 Å². The van der Waals surface area contributed by atoms with Crippen LogP contribution in [0.2, 0.25) is 0 Å². The second-order valence-electron chi connectivity index (χ2n) is 11.9. The van der Waals surface area contributed by atoms with Crippen LogP contribution in [0, 0.1) is 0 Å². The molecule has 2 fully saturated rings. The summed E-state index contributed by atoms with van der Waals surface area (Å²) in [6.07, 6.45) is 2.92. The lowest BCUT2D eigenvalue weighted by Crippen LogP contribution is -2.37. The molecule has 0 unspecified atom stereocenters. The number of carbonyl (C=O) groups is 2. The Morgan fingerprint density at radius 1 is 1.00 bits per heavy atom. The molecule has 4 aliphatic rings. The van der Waals surface area contributed by atoms with Crippen molar-refractivity contribution >= 4 is 23.1 Å². The minimum absolute atomic E-state index is 0.0663. The average molecular weight is 572 g/mol. The first kappa shape index (κ1) is 28.5. The van der Waals surface area contributed by atoms with Crippen molar-refractivity contribution in [2.45, 2.75) is 50.5 Å². The first-order valence-corrected chi connectivity index (χ1v) is 15.1. The van der Waals surface area contributed by atoms with Crippen LogP contribution >= 0.6 is 0 Å². The number of rotatable bonds is 7. The molecule has 0 saturated carbocycles. The van der Waals surface area contributed by atoms with Crippen LogP contribution in [0.4, 0.5) is 11.4 Å². The summed E-state index contributed by atoms with van der Waals surface area (Å²) in [6, 6.07) is 16.8. The maximum atomic E-state index is 14.0. The van der Waals surface area contributed by atoms with Gasteiger partial charge < -0.3 is 29.3 Å². The molecule has 2 saturated heterocycles. The van der Waals surface area contributed by atoms with Crippen LogP contribution in [0.3, 0.4) is 0 Å². The number of allylic oxidation sites excluding steroid dienone is 3. The van der Waals surface area contributed by atoms with Gasteiger partial charge in [0, 0.05) is 74.5 Å². The van der Waals surface area contributed by atoms with Gasteiger partial charge in [0.15, 0.2) is 5.78 Å². The Bertz CT molecular complexity index is 1370. The monoisotopic (exact) mass is 571 g/mol. The largest absolute Gasteiger partial charge is 0.459 e. The number of esters is 1. The Kier molecular flexibility index (Phi) is 8.36. The van der Waals surface area contributed by atoms with E-state index in [1.807, 2.05) is 21.0 Å². The third kappa shape index (κ3) is 5.83. The quantitative estimate of drug-likeness (QED) is 0.481. The predicted octanol–water partition coefficient (Wildman–Crippen LogP) is 4.67. The van der Waals surface area contributed by atoms with Crippen LogP contribution < -0.4 is 15.1 Å². The molecular formula is C34H41N3O5. The van der Waals surface area contributed by atoms with E-state index in [1.165, 1.54) is 0 Å². The standard InChI is InChI=1S/C34H41N3O5/c1-22-31(34(39)42-21-28-5-4-16-41-28)32(24-8-12-27(13-9-24)37-14-17-40-18-15-37)33-29(35-22)19-25(20-30(33)38)23-6-10-26(11-7-23)36(2)3/h6-13,25,28,32,35H,4-5,14-21H2,1-3H3/t25-,28-,32-/m0/s1. The number of dihydropyridines is 1. The van der Waals surface area contributed by atoms with E-state index in [4.69, 9.17) is 14.2 Å². The zero-order valence-corrected chi connectivity index (χ0v) is 24.9. The number of morpholine rings is 1. The molecule has 2 aromatic rings. The molecule has 3 atom stereocenters. The first-order chi connectivity index (χ1) is 20.4. The van der Waals surface area contributed by atoms with Gasteiger partial charge in [-0.05, 0) is 67.5 Å². The van der Waals surface area contributed by atoms with Crippen molar-refractivity contribution in [3.63, 3.8) is 0 Å². The van der Waals surface area contributed by atoms with Gasteiger partial charge in [-0.2, -0.15) is 0 Å². The molecule has 1 aliphatic carbocycles. The number of nitrogens with one attached hydrogen (secondary N) is 1. The molecule has 0 aromatic heterocycles.